The predicted octanol–water partition coefficient (Wildman–Crippen LogP) is 1.75. The van der Waals surface area contributed by atoms with Gasteiger partial charge in [-0.05, 0) is 25.3 Å². The molecule has 1 atom stereocenters. The molecule has 2 aromatic rings. The normalized spacial score (nSPS) is 19.2. The molecular weight excluding hydrogens is 320 g/mol. The molecule has 1 aromatic carbocycles. The summed E-state index contributed by atoms with van der Waals surface area (Å²) < 4.78 is 13.1. The van der Waals surface area contributed by atoms with Crippen LogP contribution in [0.15, 0.2) is 18.2 Å². The summed E-state index contributed by atoms with van der Waals surface area (Å²) in [5, 5.41) is 11.4. The Kier molecular flexibility index (Phi) is 4.29. The lowest BCUT2D eigenvalue weighted by atomic mass is 10.0. The van der Waals surface area contributed by atoms with Crippen LogP contribution in [-0.2, 0) is 19.4 Å². The minimum absolute atomic E-state index is 0.0918. The molecule has 4 rings (SSSR count). The van der Waals surface area contributed by atoms with Crippen molar-refractivity contribution in [3.63, 3.8) is 0 Å². The Balaban J connectivity index is 1.48. The Morgan fingerprint density at radius 3 is 3.12 bits per heavy atom. The molecular formula is C18H22N4O3. The van der Waals surface area contributed by atoms with Gasteiger partial charge in [0.15, 0.2) is 11.5 Å². The fourth-order valence-electron chi connectivity index (χ4n) is 3.55. The Bertz CT molecular complexity index is 787. The maximum Gasteiger partial charge on any atom is 0.289 e. The van der Waals surface area contributed by atoms with Gasteiger partial charge in [0.25, 0.3) is 5.91 Å². The SMILES string of the molecule is COc1cccc2c1OC[C@@H](NC(=O)c1nnc3n1CCCCC3)C2. The first-order valence-electron chi connectivity index (χ1n) is 8.78. The highest BCUT2D eigenvalue weighted by atomic mass is 16.5. The van der Waals surface area contributed by atoms with Gasteiger partial charge in [-0.1, -0.05) is 18.6 Å². The van der Waals surface area contributed by atoms with Crippen molar-refractivity contribution in [2.24, 2.45) is 0 Å². The average molecular weight is 342 g/mol. The van der Waals surface area contributed by atoms with E-state index in [0.717, 1.165) is 48.7 Å². The van der Waals surface area contributed by atoms with E-state index in [9.17, 15) is 4.79 Å². The van der Waals surface area contributed by atoms with Gasteiger partial charge < -0.3 is 19.4 Å². The van der Waals surface area contributed by atoms with Crippen LogP contribution >= 0.6 is 0 Å². The Morgan fingerprint density at radius 1 is 1.32 bits per heavy atom. The number of aromatic nitrogens is 3. The van der Waals surface area contributed by atoms with Crippen LogP contribution in [0, 0.1) is 0 Å². The number of benzene rings is 1. The molecule has 25 heavy (non-hydrogen) atoms. The number of rotatable bonds is 3. The van der Waals surface area contributed by atoms with Crippen LogP contribution in [0.5, 0.6) is 11.5 Å². The molecule has 0 bridgehead atoms. The Morgan fingerprint density at radius 2 is 2.24 bits per heavy atom. The van der Waals surface area contributed by atoms with Crippen molar-refractivity contribution < 1.29 is 14.3 Å². The van der Waals surface area contributed by atoms with Gasteiger partial charge in [-0.25, -0.2) is 0 Å². The number of hydrogen-bond donors (Lipinski definition) is 1. The highest BCUT2D eigenvalue weighted by molar-refractivity contribution is 5.91. The maximum atomic E-state index is 12.7. The third-order valence-corrected chi connectivity index (χ3v) is 4.82. The highest BCUT2D eigenvalue weighted by Gasteiger charge is 2.27. The molecule has 1 N–H and O–H groups in total. The minimum atomic E-state index is -0.180. The number of aryl methyl sites for hydroxylation is 1. The fourth-order valence-corrected chi connectivity index (χ4v) is 3.55. The first-order valence-corrected chi connectivity index (χ1v) is 8.78. The van der Waals surface area contributed by atoms with E-state index in [4.69, 9.17) is 9.47 Å². The fraction of sp³-hybridized carbons (Fsp3) is 0.500. The number of nitrogens with zero attached hydrogens (tertiary/aromatic N) is 3. The first-order chi connectivity index (χ1) is 12.3. The first kappa shape index (κ1) is 15.9. The Hall–Kier alpha value is -2.57. The largest absolute Gasteiger partial charge is 0.493 e. The molecule has 0 saturated carbocycles. The summed E-state index contributed by atoms with van der Waals surface area (Å²) in [6.07, 6.45) is 4.93. The number of amides is 1. The highest BCUT2D eigenvalue weighted by Crippen LogP contribution is 2.34. The molecule has 1 aromatic heterocycles. The zero-order chi connectivity index (χ0) is 17.2. The van der Waals surface area contributed by atoms with Crippen LogP contribution in [0.1, 0.15) is 41.3 Å². The lowest BCUT2D eigenvalue weighted by Gasteiger charge is -2.27. The minimum Gasteiger partial charge on any atom is -0.493 e. The lowest BCUT2D eigenvalue weighted by molar-refractivity contribution is 0.0898. The van der Waals surface area contributed by atoms with Crippen molar-refractivity contribution in [2.45, 2.75) is 44.7 Å². The Labute approximate surface area is 146 Å². The molecule has 1 amide bonds. The molecule has 2 aliphatic heterocycles. The van der Waals surface area contributed by atoms with E-state index in [1.807, 2.05) is 22.8 Å². The summed E-state index contributed by atoms with van der Waals surface area (Å²) in [5.74, 6) is 2.64. The summed E-state index contributed by atoms with van der Waals surface area (Å²) in [5.41, 5.74) is 1.04. The number of methoxy groups -OCH3 is 1. The van der Waals surface area contributed by atoms with Crippen molar-refractivity contribution in [1.82, 2.24) is 20.1 Å². The second kappa shape index (κ2) is 6.74. The molecule has 7 heteroatoms. The number of carbonyl (C=O) groups is 1. The molecule has 0 saturated heterocycles. The van der Waals surface area contributed by atoms with Crippen LogP contribution < -0.4 is 14.8 Å². The molecule has 0 radical (unpaired) electrons. The van der Waals surface area contributed by atoms with Crippen LogP contribution in [0.4, 0.5) is 0 Å². The molecule has 0 fully saturated rings. The molecule has 0 spiro atoms. The van der Waals surface area contributed by atoms with Crippen LogP contribution in [0.2, 0.25) is 0 Å². The van der Waals surface area contributed by atoms with Crippen molar-refractivity contribution in [3.8, 4) is 11.5 Å². The van der Waals surface area contributed by atoms with Gasteiger partial charge in [-0.3, -0.25) is 4.79 Å². The van der Waals surface area contributed by atoms with Crippen molar-refractivity contribution in [2.75, 3.05) is 13.7 Å². The summed E-state index contributed by atoms with van der Waals surface area (Å²) >= 11 is 0. The summed E-state index contributed by atoms with van der Waals surface area (Å²) in [7, 11) is 1.63. The number of para-hydroxylation sites is 1. The third-order valence-electron chi connectivity index (χ3n) is 4.82. The second-order valence-electron chi connectivity index (χ2n) is 6.54. The molecule has 3 heterocycles. The van der Waals surface area contributed by atoms with Gasteiger partial charge >= 0.3 is 0 Å². The smallest absolute Gasteiger partial charge is 0.289 e. The number of nitrogens with one attached hydrogen (secondary N) is 1. The summed E-state index contributed by atoms with van der Waals surface area (Å²) in [6.45, 7) is 1.23. The van der Waals surface area contributed by atoms with E-state index >= 15 is 0 Å². The van der Waals surface area contributed by atoms with Crippen molar-refractivity contribution in [3.05, 3.63) is 35.4 Å². The van der Waals surface area contributed by atoms with Gasteiger partial charge in [0.05, 0.1) is 13.2 Å². The molecule has 0 aliphatic carbocycles. The number of carbonyl (C=O) groups excluding carboxylic acids is 1. The number of ether oxygens (including phenoxy) is 2. The average Bonchev–Trinajstić information content (AvgIpc) is 2.89. The van der Waals surface area contributed by atoms with Crippen molar-refractivity contribution in [1.29, 1.82) is 0 Å². The second-order valence-corrected chi connectivity index (χ2v) is 6.54. The zero-order valence-electron chi connectivity index (χ0n) is 14.3. The van der Waals surface area contributed by atoms with E-state index in [2.05, 4.69) is 15.5 Å². The third kappa shape index (κ3) is 3.06. The standard InChI is InChI=1S/C18H22N4O3/c1-24-14-7-5-6-12-10-13(11-25-16(12)14)19-18(23)17-21-20-15-8-3-2-4-9-22(15)17/h5-7,13H,2-4,8-11H2,1H3,(H,19,23)/t13-/m0/s1. The maximum absolute atomic E-state index is 12.7. The van der Waals surface area contributed by atoms with Gasteiger partial charge in [-0.2, -0.15) is 0 Å². The summed E-state index contributed by atoms with van der Waals surface area (Å²) in [4.78, 5) is 12.7. The number of hydrogen-bond acceptors (Lipinski definition) is 5. The molecule has 7 nitrogen and oxygen atoms in total. The quantitative estimate of drug-likeness (QED) is 0.919. The van der Waals surface area contributed by atoms with Crippen LogP contribution in [0.25, 0.3) is 0 Å². The molecule has 0 unspecified atom stereocenters. The van der Waals surface area contributed by atoms with E-state index in [0.29, 0.717) is 18.9 Å². The zero-order valence-corrected chi connectivity index (χ0v) is 14.3. The lowest BCUT2D eigenvalue weighted by Crippen LogP contribution is -2.43. The van der Waals surface area contributed by atoms with E-state index in [1.165, 1.54) is 6.42 Å². The molecule has 132 valence electrons. The number of fused-ring (bicyclic) bond motifs is 2. The molecule has 2 aliphatic rings. The van der Waals surface area contributed by atoms with Gasteiger partial charge in [0, 0.05) is 18.5 Å². The van der Waals surface area contributed by atoms with E-state index in [-0.39, 0.29) is 11.9 Å². The monoisotopic (exact) mass is 342 g/mol. The van der Waals surface area contributed by atoms with Gasteiger partial charge in [-0.15, -0.1) is 10.2 Å². The van der Waals surface area contributed by atoms with E-state index in [1.54, 1.807) is 7.11 Å². The van der Waals surface area contributed by atoms with Gasteiger partial charge in [0.2, 0.25) is 5.82 Å². The topological polar surface area (TPSA) is 78.3 Å². The van der Waals surface area contributed by atoms with Gasteiger partial charge in [0.1, 0.15) is 12.4 Å². The van der Waals surface area contributed by atoms with Crippen LogP contribution in [-0.4, -0.2) is 40.4 Å². The van der Waals surface area contributed by atoms with Crippen molar-refractivity contribution >= 4 is 5.91 Å². The summed E-state index contributed by atoms with van der Waals surface area (Å²) in [6, 6.07) is 5.72. The predicted molar refractivity (Wildman–Crippen MR) is 91.0 cm³/mol. The van der Waals surface area contributed by atoms with Crippen LogP contribution in [0.3, 0.4) is 0 Å². The van der Waals surface area contributed by atoms with E-state index < -0.39 is 0 Å².